The lowest BCUT2D eigenvalue weighted by Crippen LogP contribution is -2.41. The maximum absolute atomic E-state index is 12.2. The summed E-state index contributed by atoms with van der Waals surface area (Å²) in [4.78, 5) is 27.0. The lowest BCUT2D eigenvalue weighted by molar-refractivity contribution is 0.0924. The first kappa shape index (κ1) is 17.3. The number of nitrogens with one attached hydrogen (secondary N) is 2. The molecule has 0 bridgehead atoms. The fourth-order valence-electron chi connectivity index (χ4n) is 2.75. The summed E-state index contributed by atoms with van der Waals surface area (Å²) in [6.45, 7) is 0. The van der Waals surface area contributed by atoms with Crippen LogP contribution < -0.4 is 16.6 Å². The molecule has 6 nitrogen and oxygen atoms in total. The van der Waals surface area contributed by atoms with Crippen LogP contribution in [0.4, 0.5) is 0 Å². The highest BCUT2D eigenvalue weighted by Crippen LogP contribution is 2.18. The van der Waals surface area contributed by atoms with Crippen molar-refractivity contribution in [3.05, 3.63) is 46.4 Å². The average molecular weight is 338 g/mol. The Morgan fingerprint density at radius 2 is 1.96 bits per heavy atom. The van der Waals surface area contributed by atoms with Gasteiger partial charge in [0.2, 0.25) is 0 Å². The molecule has 0 atom stereocenters. The van der Waals surface area contributed by atoms with Crippen LogP contribution >= 0.6 is 12.4 Å². The number of H-pyrrole nitrogens is 1. The Balaban J connectivity index is 0.00000192. The molecule has 2 aromatic rings. The van der Waals surface area contributed by atoms with E-state index >= 15 is 0 Å². The minimum atomic E-state index is -0.418. The molecule has 1 saturated carbocycles. The van der Waals surface area contributed by atoms with E-state index in [1.54, 1.807) is 18.2 Å². The lowest BCUT2D eigenvalue weighted by atomic mass is 9.91. The summed E-state index contributed by atoms with van der Waals surface area (Å²) >= 11 is 0. The zero-order valence-electron chi connectivity index (χ0n) is 12.6. The average Bonchev–Trinajstić information content (AvgIpc) is 3.03. The van der Waals surface area contributed by atoms with Crippen LogP contribution in [0.2, 0.25) is 0 Å². The molecule has 124 valence electrons. The van der Waals surface area contributed by atoms with Crippen LogP contribution in [0.5, 0.6) is 0 Å². The van der Waals surface area contributed by atoms with Gasteiger partial charge in [-0.2, -0.15) is 0 Å². The topological polar surface area (TPSA) is 101 Å². The zero-order chi connectivity index (χ0) is 15.5. The maximum Gasteiger partial charge on any atom is 0.261 e. The number of nitrogens with two attached hydrogens (primary N) is 1. The minimum Gasteiger partial charge on any atom is -0.463 e. The van der Waals surface area contributed by atoms with E-state index in [0.29, 0.717) is 11.5 Å². The Hall–Kier alpha value is -2.05. The van der Waals surface area contributed by atoms with Gasteiger partial charge in [-0.15, -0.1) is 12.4 Å². The fourth-order valence-corrected chi connectivity index (χ4v) is 2.75. The molecule has 0 spiro atoms. The molecule has 0 saturated heterocycles. The highest BCUT2D eigenvalue weighted by molar-refractivity contribution is 5.94. The van der Waals surface area contributed by atoms with Crippen molar-refractivity contribution in [3.63, 3.8) is 0 Å². The van der Waals surface area contributed by atoms with Gasteiger partial charge in [0.15, 0.2) is 0 Å². The smallest absolute Gasteiger partial charge is 0.261 e. The number of aromatic nitrogens is 1. The lowest BCUT2D eigenvalue weighted by Gasteiger charge is -2.26. The summed E-state index contributed by atoms with van der Waals surface area (Å²) in [7, 11) is 0. The van der Waals surface area contributed by atoms with Gasteiger partial charge in [0.05, 0.1) is 12.0 Å². The number of carbonyl (C=O) groups is 1. The van der Waals surface area contributed by atoms with Gasteiger partial charge < -0.3 is 20.5 Å². The van der Waals surface area contributed by atoms with Crippen molar-refractivity contribution in [1.29, 1.82) is 0 Å². The second kappa shape index (κ2) is 7.48. The second-order valence-corrected chi connectivity index (χ2v) is 5.68. The van der Waals surface area contributed by atoms with Crippen molar-refractivity contribution < 1.29 is 9.21 Å². The summed E-state index contributed by atoms with van der Waals surface area (Å²) in [6, 6.07) is 7.01. The zero-order valence-corrected chi connectivity index (χ0v) is 13.4. The van der Waals surface area contributed by atoms with Crippen LogP contribution in [-0.4, -0.2) is 23.0 Å². The van der Waals surface area contributed by atoms with Gasteiger partial charge in [0.1, 0.15) is 11.3 Å². The predicted octanol–water partition coefficient (Wildman–Crippen LogP) is 2.06. The molecule has 23 heavy (non-hydrogen) atoms. The molecule has 2 heterocycles. The number of aromatic amines is 1. The normalized spacial score (nSPS) is 20.6. The van der Waals surface area contributed by atoms with E-state index < -0.39 is 5.56 Å². The Morgan fingerprint density at radius 1 is 1.22 bits per heavy atom. The van der Waals surface area contributed by atoms with Gasteiger partial charge in [-0.3, -0.25) is 9.59 Å². The molecule has 1 aliphatic carbocycles. The van der Waals surface area contributed by atoms with E-state index in [2.05, 4.69) is 10.3 Å². The molecule has 7 heteroatoms. The van der Waals surface area contributed by atoms with Crippen molar-refractivity contribution in [2.24, 2.45) is 5.73 Å². The predicted molar refractivity (Wildman–Crippen MR) is 89.7 cm³/mol. The molecular weight excluding hydrogens is 318 g/mol. The first-order valence-electron chi connectivity index (χ1n) is 7.47. The summed E-state index contributed by atoms with van der Waals surface area (Å²) in [5.74, 6) is 0.220. The van der Waals surface area contributed by atoms with Crippen LogP contribution in [0, 0.1) is 0 Å². The van der Waals surface area contributed by atoms with Crippen LogP contribution in [0.3, 0.4) is 0 Å². The number of halogens is 1. The third kappa shape index (κ3) is 4.03. The summed E-state index contributed by atoms with van der Waals surface area (Å²) in [5.41, 5.74) is 6.10. The van der Waals surface area contributed by atoms with Gasteiger partial charge in [0, 0.05) is 12.1 Å². The quantitative estimate of drug-likeness (QED) is 0.797. The van der Waals surface area contributed by atoms with Crippen LogP contribution in [-0.2, 0) is 0 Å². The molecule has 0 unspecified atom stereocenters. The maximum atomic E-state index is 12.2. The van der Waals surface area contributed by atoms with Crippen molar-refractivity contribution in [3.8, 4) is 11.5 Å². The highest BCUT2D eigenvalue weighted by Gasteiger charge is 2.21. The Labute approximate surface area is 139 Å². The molecule has 0 aliphatic heterocycles. The summed E-state index contributed by atoms with van der Waals surface area (Å²) in [6.07, 6.45) is 5.05. The number of amides is 1. The summed E-state index contributed by atoms with van der Waals surface area (Å²) in [5, 5.41) is 2.91. The number of pyridine rings is 1. The van der Waals surface area contributed by atoms with Gasteiger partial charge in [-0.25, -0.2) is 0 Å². The third-order valence-electron chi connectivity index (χ3n) is 4.05. The van der Waals surface area contributed by atoms with E-state index in [9.17, 15) is 9.59 Å². The molecule has 1 amide bonds. The Bertz CT molecular complexity index is 704. The monoisotopic (exact) mass is 337 g/mol. The van der Waals surface area contributed by atoms with Crippen LogP contribution in [0.1, 0.15) is 36.0 Å². The molecule has 0 radical (unpaired) electrons. The van der Waals surface area contributed by atoms with E-state index in [1.165, 1.54) is 12.3 Å². The standard InChI is InChI=1S/C16H19N3O3.ClH/c17-10-3-5-11(6-4-10)18-15(20)12-7-8-13(19-16(12)21)14-2-1-9-22-14;/h1-2,7-11H,3-6,17H2,(H,18,20)(H,19,21);1H. The second-order valence-electron chi connectivity index (χ2n) is 5.68. The van der Waals surface area contributed by atoms with Crippen LogP contribution in [0.15, 0.2) is 39.7 Å². The molecule has 0 aromatic carbocycles. The largest absolute Gasteiger partial charge is 0.463 e. The SMILES string of the molecule is Cl.NC1CCC(NC(=O)c2ccc(-c3ccco3)[nH]c2=O)CC1. The molecule has 1 aliphatic rings. The van der Waals surface area contributed by atoms with E-state index in [4.69, 9.17) is 10.2 Å². The van der Waals surface area contributed by atoms with Gasteiger partial charge in [-0.05, 0) is 49.9 Å². The van der Waals surface area contributed by atoms with E-state index in [0.717, 1.165) is 25.7 Å². The number of furan rings is 1. The number of carbonyl (C=O) groups excluding carboxylic acids is 1. The molecule has 4 N–H and O–H groups in total. The summed E-state index contributed by atoms with van der Waals surface area (Å²) < 4.78 is 5.22. The van der Waals surface area contributed by atoms with Crippen molar-refractivity contribution >= 4 is 18.3 Å². The molecular formula is C16H20ClN3O3. The van der Waals surface area contributed by atoms with E-state index in [-0.39, 0.29) is 36.0 Å². The first-order valence-corrected chi connectivity index (χ1v) is 7.47. The van der Waals surface area contributed by atoms with Crippen molar-refractivity contribution in [2.45, 2.75) is 37.8 Å². The van der Waals surface area contributed by atoms with Crippen molar-refractivity contribution in [2.75, 3.05) is 0 Å². The Kier molecular flexibility index (Phi) is 5.63. The van der Waals surface area contributed by atoms with Gasteiger partial charge >= 0.3 is 0 Å². The molecule has 1 fully saturated rings. The first-order chi connectivity index (χ1) is 10.6. The fraction of sp³-hybridized carbons (Fsp3) is 0.375. The van der Waals surface area contributed by atoms with Crippen molar-refractivity contribution in [1.82, 2.24) is 10.3 Å². The van der Waals surface area contributed by atoms with Gasteiger partial charge in [-0.1, -0.05) is 0 Å². The van der Waals surface area contributed by atoms with Gasteiger partial charge in [0.25, 0.3) is 11.5 Å². The molecule has 2 aromatic heterocycles. The van der Waals surface area contributed by atoms with Crippen LogP contribution in [0.25, 0.3) is 11.5 Å². The molecule has 3 rings (SSSR count). The number of rotatable bonds is 3. The minimum absolute atomic E-state index is 0. The third-order valence-corrected chi connectivity index (χ3v) is 4.05. The van der Waals surface area contributed by atoms with E-state index in [1.807, 2.05) is 0 Å². The Morgan fingerprint density at radius 3 is 2.57 bits per heavy atom. The highest BCUT2D eigenvalue weighted by atomic mass is 35.5. The number of hydrogen-bond acceptors (Lipinski definition) is 4. The number of hydrogen-bond donors (Lipinski definition) is 3.